The van der Waals surface area contributed by atoms with Gasteiger partial charge in [0.15, 0.2) is 0 Å². The summed E-state index contributed by atoms with van der Waals surface area (Å²) in [5, 5.41) is 11.6. The molecule has 0 aromatic heterocycles. The van der Waals surface area contributed by atoms with Crippen molar-refractivity contribution in [2.24, 2.45) is 5.92 Å². The predicted molar refractivity (Wildman–Crippen MR) is 70.6 cm³/mol. The van der Waals surface area contributed by atoms with E-state index < -0.39 is 11.9 Å². The van der Waals surface area contributed by atoms with E-state index in [0.29, 0.717) is 13.1 Å². The van der Waals surface area contributed by atoms with E-state index in [9.17, 15) is 9.59 Å². The minimum absolute atomic E-state index is 0.190. The van der Waals surface area contributed by atoms with Gasteiger partial charge in [-0.15, -0.1) is 0 Å². The van der Waals surface area contributed by atoms with Crippen LogP contribution < -0.4 is 5.32 Å². The average Bonchev–Trinajstić information content (AvgIpc) is 2.30. The van der Waals surface area contributed by atoms with Crippen molar-refractivity contribution in [2.75, 3.05) is 40.3 Å². The van der Waals surface area contributed by atoms with Crippen molar-refractivity contribution in [1.82, 2.24) is 15.1 Å². The summed E-state index contributed by atoms with van der Waals surface area (Å²) in [7, 11) is 3.96. The van der Waals surface area contributed by atoms with Crippen molar-refractivity contribution in [3.63, 3.8) is 0 Å². The lowest BCUT2D eigenvalue weighted by molar-refractivity contribution is -0.141. The molecule has 1 unspecified atom stereocenters. The first-order chi connectivity index (χ1) is 8.38. The molecule has 0 aliphatic heterocycles. The maximum atomic E-state index is 11.8. The van der Waals surface area contributed by atoms with Crippen molar-refractivity contribution < 1.29 is 14.7 Å². The van der Waals surface area contributed by atoms with Gasteiger partial charge in [0.05, 0.1) is 5.92 Å². The highest BCUT2D eigenvalue weighted by Crippen LogP contribution is 2.00. The molecule has 0 bridgehead atoms. The lowest BCUT2D eigenvalue weighted by Gasteiger charge is -2.23. The lowest BCUT2D eigenvalue weighted by atomic mass is 10.2. The van der Waals surface area contributed by atoms with Crippen LogP contribution in [0, 0.1) is 5.92 Å². The average molecular weight is 259 g/mol. The van der Waals surface area contributed by atoms with Gasteiger partial charge in [0.2, 0.25) is 0 Å². The summed E-state index contributed by atoms with van der Waals surface area (Å²) >= 11 is 0. The first kappa shape index (κ1) is 16.7. The standard InChI is InChI=1S/C12H25N3O3/c1-5-15(9-10(2)11(16)17)12(18)13-7-6-8-14(3)4/h10H,5-9H2,1-4H3,(H,13,18)(H,16,17). The number of carboxylic acids is 1. The van der Waals surface area contributed by atoms with Gasteiger partial charge in [-0.3, -0.25) is 4.79 Å². The first-order valence-corrected chi connectivity index (χ1v) is 6.28. The van der Waals surface area contributed by atoms with Crippen LogP contribution in [0.1, 0.15) is 20.3 Å². The van der Waals surface area contributed by atoms with Crippen LogP contribution in [-0.4, -0.2) is 67.2 Å². The van der Waals surface area contributed by atoms with Gasteiger partial charge in [0.1, 0.15) is 0 Å². The van der Waals surface area contributed by atoms with Crippen LogP contribution in [0.15, 0.2) is 0 Å². The Bertz CT molecular complexity index is 269. The molecule has 6 nitrogen and oxygen atoms in total. The van der Waals surface area contributed by atoms with Crippen LogP contribution in [0.3, 0.4) is 0 Å². The highest BCUT2D eigenvalue weighted by Gasteiger charge is 2.18. The number of nitrogens with one attached hydrogen (secondary N) is 1. The van der Waals surface area contributed by atoms with Gasteiger partial charge in [-0.25, -0.2) is 4.79 Å². The number of nitrogens with zero attached hydrogens (tertiary/aromatic N) is 2. The highest BCUT2D eigenvalue weighted by molar-refractivity contribution is 5.75. The Morgan fingerprint density at radius 3 is 2.39 bits per heavy atom. The number of carbonyl (C=O) groups excluding carboxylic acids is 1. The third-order valence-electron chi connectivity index (χ3n) is 2.64. The van der Waals surface area contributed by atoms with Crippen LogP contribution in [0.2, 0.25) is 0 Å². The third-order valence-corrected chi connectivity index (χ3v) is 2.64. The second-order valence-corrected chi connectivity index (χ2v) is 4.67. The van der Waals surface area contributed by atoms with Gasteiger partial charge >= 0.3 is 12.0 Å². The summed E-state index contributed by atoms with van der Waals surface area (Å²) in [4.78, 5) is 26.1. The lowest BCUT2D eigenvalue weighted by Crippen LogP contribution is -2.43. The molecule has 0 radical (unpaired) electrons. The van der Waals surface area contributed by atoms with Crippen LogP contribution >= 0.6 is 0 Å². The monoisotopic (exact) mass is 259 g/mol. The SMILES string of the molecule is CCN(CC(C)C(=O)O)C(=O)NCCCN(C)C. The van der Waals surface area contributed by atoms with E-state index in [0.717, 1.165) is 13.0 Å². The molecule has 0 heterocycles. The number of hydrogen-bond acceptors (Lipinski definition) is 3. The largest absolute Gasteiger partial charge is 0.481 e. The molecule has 0 aliphatic carbocycles. The minimum atomic E-state index is -0.881. The van der Waals surface area contributed by atoms with Crippen LogP contribution in [0.4, 0.5) is 4.79 Å². The summed E-state index contributed by atoms with van der Waals surface area (Å²) in [6.45, 7) is 5.72. The Kier molecular flexibility index (Phi) is 8.11. The molecule has 2 N–H and O–H groups in total. The third kappa shape index (κ3) is 7.11. The maximum Gasteiger partial charge on any atom is 0.317 e. The number of carbonyl (C=O) groups is 2. The quantitative estimate of drug-likeness (QED) is 0.629. The van der Waals surface area contributed by atoms with E-state index in [4.69, 9.17) is 5.11 Å². The predicted octanol–water partition coefficient (Wildman–Crippen LogP) is 0.690. The van der Waals surface area contributed by atoms with Gasteiger partial charge in [-0.1, -0.05) is 6.92 Å². The van der Waals surface area contributed by atoms with E-state index in [-0.39, 0.29) is 12.6 Å². The zero-order valence-electron chi connectivity index (χ0n) is 11.8. The Hall–Kier alpha value is -1.30. The second-order valence-electron chi connectivity index (χ2n) is 4.67. The second kappa shape index (κ2) is 8.74. The molecule has 0 aromatic carbocycles. The van der Waals surface area contributed by atoms with Crippen molar-refractivity contribution in [1.29, 1.82) is 0 Å². The van der Waals surface area contributed by atoms with Gasteiger partial charge < -0.3 is 20.2 Å². The fourth-order valence-corrected chi connectivity index (χ4v) is 1.47. The molecule has 0 spiro atoms. The van der Waals surface area contributed by atoms with Gasteiger partial charge in [0.25, 0.3) is 0 Å². The molecule has 0 saturated heterocycles. The zero-order valence-corrected chi connectivity index (χ0v) is 11.8. The topological polar surface area (TPSA) is 72.9 Å². The zero-order chi connectivity index (χ0) is 14.1. The number of amides is 2. The van der Waals surface area contributed by atoms with E-state index >= 15 is 0 Å². The highest BCUT2D eigenvalue weighted by atomic mass is 16.4. The van der Waals surface area contributed by atoms with Gasteiger partial charge in [-0.2, -0.15) is 0 Å². The van der Waals surface area contributed by atoms with E-state index in [1.807, 2.05) is 21.0 Å². The Morgan fingerprint density at radius 2 is 1.94 bits per heavy atom. The van der Waals surface area contributed by atoms with Crippen LogP contribution in [0.5, 0.6) is 0 Å². The van der Waals surface area contributed by atoms with Crippen molar-refractivity contribution in [2.45, 2.75) is 20.3 Å². The molecule has 0 fully saturated rings. The molecule has 0 aliphatic rings. The fraction of sp³-hybridized carbons (Fsp3) is 0.833. The molecule has 0 aromatic rings. The van der Waals surface area contributed by atoms with Gasteiger partial charge in [-0.05, 0) is 34.0 Å². The van der Waals surface area contributed by atoms with E-state index in [1.54, 1.807) is 6.92 Å². The smallest absolute Gasteiger partial charge is 0.317 e. The summed E-state index contributed by atoms with van der Waals surface area (Å²) in [6.07, 6.45) is 0.880. The Morgan fingerprint density at radius 1 is 1.33 bits per heavy atom. The molecule has 0 saturated carbocycles. The summed E-state index contributed by atoms with van der Waals surface area (Å²) in [5.41, 5.74) is 0. The van der Waals surface area contributed by atoms with E-state index in [2.05, 4.69) is 10.2 Å². The van der Waals surface area contributed by atoms with Crippen molar-refractivity contribution >= 4 is 12.0 Å². The molecule has 106 valence electrons. The molecular weight excluding hydrogens is 234 g/mol. The number of urea groups is 1. The summed E-state index contributed by atoms with van der Waals surface area (Å²) in [6, 6.07) is -0.190. The summed E-state index contributed by atoms with van der Waals surface area (Å²) in [5.74, 6) is -1.42. The molecule has 1 atom stereocenters. The van der Waals surface area contributed by atoms with Crippen LogP contribution in [-0.2, 0) is 4.79 Å². The van der Waals surface area contributed by atoms with E-state index in [1.165, 1.54) is 4.90 Å². The minimum Gasteiger partial charge on any atom is -0.481 e. The Balaban J connectivity index is 4.00. The maximum absolute atomic E-state index is 11.8. The van der Waals surface area contributed by atoms with Crippen LogP contribution in [0.25, 0.3) is 0 Å². The van der Waals surface area contributed by atoms with Gasteiger partial charge in [0, 0.05) is 19.6 Å². The fourth-order valence-electron chi connectivity index (χ4n) is 1.47. The molecule has 0 rings (SSSR count). The molecule has 18 heavy (non-hydrogen) atoms. The Labute approximate surface area is 109 Å². The molecule has 6 heteroatoms. The summed E-state index contributed by atoms with van der Waals surface area (Å²) < 4.78 is 0. The van der Waals surface area contributed by atoms with Crippen molar-refractivity contribution in [3.8, 4) is 0 Å². The number of aliphatic carboxylic acids is 1. The molecular formula is C12H25N3O3. The number of hydrogen-bond donors (Lipinski definition) is 2. The molecule has 2 amide bonds. The first-order valence-electron chi connectivity index (χ1n) is 6.28. The number of rotatable bonds is 8. The number of carboxylic acid groups (broad SMARTS) is 1. The normalized spacial score (nSPS) is 12.3. The van der Waals surface area contributed by atoms with Crippen molar-refractivity contribution in [3.05, 3.63) is 0 Å².